The summed E-state index contributed by atoms with van der Waals surface area (Å²) in [5.74, 6) is 0.164. The van der Waals surface area contributed by atoms with E-state index in [1.54, 1.807) is 0 Å². The third kappa shape index (κ3) is 3.19. The van der Waals surface area contributed by atoms with E-state index in [1.165, 1.54) is 0 Å². The highest BCUT2D eigenvalue weighted by Gasteiger charge is 2.31. The SMILES string of the molecule is CC1(C)COCCN1CC(=O)c1ccc(Br)cc1. The first-order valence-corrected chi connectivity index (χ1v) is 6.90. The molecular formula is C14H18BrNO2. The minimum Gasteiger partial charge on any atom is -0.378 e. The summed E-state index contributed by atoms with van der Waals surface area (Å²) in [6.07, 6.45) is 0. The van der Waals surface area contributed by atoms with E-state index in [2.05, 4.69) is 34.7 Å². The number of hydrogen-bond acceptors (Lipinski definition) is 3. The highest BCUT2D eigenvalue weighted by molar-refractivity contribution is 9.10. The molecular weight excluding hydrogens is 294 g/mol. The number of morpholine rings is 1. The second-order valence-corrected chi connectivity index (χ2v) is 6.13. The lowest BCUT2D eigenvalue weighted by atomic mass is 10.0. The summed E-state index contributed by atoms with van der Waals surface area (Å²) >= 11 is 3.37. The van der Waals surface area contributed by atoms with E-state index < -0.39 is 0 Å². The molecule has 0 saturated carbocycles. The number of halogens is 1. The van der Waals surface area contributed by atoms with Gasteiger partial charge in [-0.05, 0) is 26.0 Å². The summed E-state index contributed by atoms with van der Waals surface area (Å²) in [4.78, 5) is 14.4. The van der Waals surface area contributed by atoms with Crippen LogP contribution in [0.3, 0.4) is 0 Å². The summed E-state index contributed by atoms with van der Waals surface area (Å²) in [6, 6.07) is 7.52. The average molecular weight is 312 g/mol. The van der Waals surface area contributed by atoms with Crippen LogP contribution in [0.1, 0.15) is 24.2 Å². The number of benzene rings is 1. The normalized spacial score (nSPS) is 19.7. The second-order valence-electron chi connectivity index (χ2n) is 5.22. The van der Waals surface area contributed by atoms with Crippen LogP contribution in [-0.4, -0.2) is 42.5 Å². The van der Waals surface area contributed by atoms with Gasteiger partial charge in [0, 0.05) is 22.1 Å². The molecule has 1 aliphatic rings. The van der Waals surface area contributed by atoms with Gasteiger partial charge in [-0.25, -0.2) is 0 Å². The Morgan fingerprint density at radius 1 is 1.39 bits per heavy atom. The van der Waals surface area contributed by atoms with Crippen molar-refractivity contribution in [1.29, 1.82) is 0 Å². The fourth-order valence-corrected chi connectivity index (χ4v) is 2.35. The van der Waals surface area contributed by atoms with Gasteiger partial charge in [0.1, 0.15) is 0 Å². The monoisotopic (exact) mass is 311 g/mol. The zero-order valence-corrected chi connectivity index (χ0v) is 12.4. The van der Waals surface area contributed by atoms with Crippen LogP contribution in [-0.2, 0) is 4.74 Å². The van der Waals surface area contributed by atoms with E-state index in [0.29, 0.717) is 19.8 Å². The van der Waals surface area contributed by atoms with Crippen LogP contribution in [0.2, 0.25) is 0 Å². The van der Waals surface area contributed by atoms with Gasteiger partial charge in [0.05, 0.1) is 19.8 Å². The molecule has 0 aromatic heterocycles. The van der Waals surface area contributed by atoms with Crippen LogP contribution < -0.4 is 0 Å². The van der Waals surface area contributed by atoms with Gasteiger partial charge in [-0.3, -0.25) is 9.69 Å². The number of carbonyl (C=O) groups excluding carboxylic acids is 1. The molecule has 0 unspecified atom stereocenters. The van der Waals surface area contributed by atoms with Crippen LogP contribution in [0.5, 0.6) is 0 Å². The Morgan fingerprint density at radius 2 is 2.06 bits per heavy atom. The minimum absolute atomic E-state index is 0.0662. The molecule has 1 fully saturated rings. The molecule has 0 spiro atoms. The highest BCUT2D eigenvalue weighted by atomic mass is 79.9. The number of ketones is 1. The molecule has 98 valence electrons. The summed E-state index contributed by atoms with van der Waals surface area (Å²) in [5, 5.41) is 0. The maximum atomic E-state index is 12.2. The lowest BCUT2D eigenvalue weighted by Crippen LogP contribution is -2.54. The van der Waals surface area contributed by atoms with E-state index in [9.17, 15) is 4.79 Å². The Morgan fingerprint density at radius 3 is 2.67 bits per heavy atom. The Hall–Kier alpha value is -0.710. The zero-order chi connectivity index (χ0) is 13.2. The molecule has 1 aromatic carbocycles. The predicted molar refractivity (Wildman–Crippen MR) is 74.9 cm³/mol. The summed E-state index contributed by atoms with van der Waals surface area (Å²) < 4.78 is 6.45. The standard InChI is InChI=1S/C14H18BrNO2/c1-14(2)10-18-8-7-16(14)9-13(17)11-3-5-12(15)6-4-11/h3-6H,7-10H2,1-2H3. The topological polar surface area (TPSA) is 29.5 Å². The first-order valence-electron chi connectivity index (χ1n) is 6.10. The molecule has 0 atom stereocenters. The van der Waals surface area contributed by atoms with E-state index >= 15 is 0 Å². The van der Waals surface area contributed by atoms with Gasteiger partial charge < -0.3 is 4.74 Å². The Balaban J connectivity index is 2.04. The Kier molecular flexibility index (Phi) is 4.20. The van der Waals surface area contributed by atoms with Gasteiger partial charge in [-0.15, -0.1) is 0 Å². The van der Waals surface area contributed by atoms with Crippen LogP contribution >= 0.6 is 15.9 Å². The summed E-state index contributed by atoms with van der Waals surface area (Å²) in [6.45, 7) is 6.88. The number of carbonyl (C=O) groups is 1. The van der Waals surface area contributed by atoms with E-state index in [-0.39, 0.29) is 11.3 Å². The van der Waals surface area contributed by atoms with E-state index in [1.807, 2.05) is 24.3 Å². The summed E-state index contributed by atoms with van der Waals surface area (Å²) in [7, 11) is 0. The van der Waals surface area contributed by atoms with E-state index in [4.69, 9.17) is 4.74 Å². The zero-order valence-electron chi connectivity index (χ0n) is 10.8. The van der Waals surface area contributed by atoms with Crippen molar-refractivity contribution >= 4 is 21.7 Å². The van der Waals surface area contributed by atoms with Crippen molar-refractivity contribution in [1.82, 2.24) is 4.90 Å². The van der Waals surface area contributed by atoms with Crippen molar-refractivity contribution in [3.05, 3.63) is 34.3 Å². The third-order valence-corrected chi connectivity index (χ3v) is 3.85. The van der Waals surface area contributed by atoms with Gasteiger partial charge in [-0.2, -0.15) is 0 Å². The molecule has 3 nitrogen and oxygen atoms in total. The van der Waals surface area contributed by atoms with Crippen LogP contribution in [0.15, 0.2) is 28.7 Å². The fourth-order valence-electron chi connectivity index (χ4n) is 2.08. The van der Waals surface area contributed by atoms with Gasteiger partial charge in [0.2, 0.25) is 0 Å². The predicted octanol–water partition coefficient (Wildman–Crippen LogP) is 2.74. The molecule has 0 aliphatic carbocycles. The van der Waals surface area contributed by atoms with Gasteiger partial charge in [0.15, 0.2) is 5.78 Å². The third-order valence-electron chi connectivity index (χ3n) is 3.32. The first kappa shape index (κ1) is 13.7. The van der Waals surface area contributed by atoms with Crippen LogP contribution in [0.4, 0.5) is 0 Å². The molecule has 1 heterocycles. The molecule has 1 saturated heterocycles. The number of ether oxygens (including phenoxy) is 1. The lowest BCUT2D eigenvalue weighted by molar-refractivity contribution is -0.0467. The van der Waals surface area contributed by atoms with Crippen molar-refractivity contribution in [2.45, 2.75) is 19.4 Å². The van der Waals surface area contributed by atoms with Crippen molar-refractivity contribution in [2.24, 2.45) is 0 Å². The van der Waals surface area contributed by atoms with Crippen molar-refractivity contribution in [3.63, 3.8) is 0 Å². The van der Waals surface area contributed by atoms with Gasteiger partial charge in [0.25, 0.3) is 0 Å². The number of nitrogens with zero attached hydrogens (tertiary/aromatic N) is 1. The van der Waals surface area contributed by atoms with Gasteiger partial charge in [-0.1, -0.05) is 28.1 Å². The maximum absolute atomic E-state index is 12.2. The molecule has 0 radical (unpaired) electrons. The molecule has 2 rings (SSSR count). The number of Topliss-reactive ketones (excluding diaryl/α,β-unsaturated/α-hetero) is 1. The average Bonchev–Trinajstić information content (AvgIpc) is 2.32. The molecule has 0 amide bonds. The molecule has 0 bridgehead atoms. The van der Waals surface area contributed by atoms with Crippen molar-refractivity contribution in [2.75, 3.05) is 26.3 Å². The smallest absolute Gasteiger partial charge is 0.176 e. The molecule has 18 heavy (non-hydrogen) atoms. The fraction of sp³-hybridized carbons (Fsp3) is 0.500. The molecule has 1 aromatic rings. The van der Waals surface area contributed by atoms with Gasteiger partial charge >= 0.3 is 0 Å². The lowest BCUT2D eigenvalue weighted by Gasteiger charge is -2.41. The Labute approximate surface area is 116 Å². The van der Waals surface area contributed by atoms with Crippen LogP contribution in [0, 0.1) is 0 Å². The number of rotatable bonds is 3. The van der Waals surface area contributed by atoms with Crippen LogP contribution in [0.25, 0.3) is 0 Å². The quantitative estimate of drug-likeness (QED) is 0.804. The van der Waals surface area contributed by atoms with E-state index in [0.717, 1.165) is 16.6 Å². The van der Waals surface area contributed by atoms with Crippen molar-refractivity contribution in [3.8, 4) is 0 Å². The first-order chi connectivity index (χ1) is 8.49. The highest BCUT2D eigenvalue weighted by Crippen LogP contribution is 2.19. The number of hydrogen-bond donors (Lipinski definition) is 0. The molecule has 0 N–H and O–H groups in total. The second kappa shape index (κ2) is 5.51. The molecule has 1 aliphatic heterocycles. The summed E-state index contributed by atoms with van der Waals surface area (Å²) in [5.41, 5.74) is 0.698. The van der Waals surface area contributed by atoms with Crippen molar-refractivity contribution < 1.29 is 9.53 Å². The molecule has 4 heteroatoms. The minimum atomic E-state index is -0.0662. The largest absolute Gasteiger partial charge is 0.378 e. The Bertz CT molecular complexity index is 428. The maximum Gasteiger partial charge on any atom is 0.176 e.